The summed E-state index contributed by atoms with van der Waals surface area (Å²) in [6.07, 6.45) is 1.50. The summed E-state index contributed by atoms with van der Waals surface area (Å²) in [6, 6.07) is 5.28. The fraction of sp³-hybridized carbons (Fsp3) is 0.143. The first-order valence-corrected chi connectivity index (χ1v) is 6.87. The Hall–Kier alpha value is -2.34. The first kappa shape index (κ1) is 12.7. The minimum absolute atomic E-state index is 0.526. The van der Waals surface area contributed by atoms with Crippen LogP contribution in [0.4, 0.5) is 5.69 Å². The Morgan fingerprint density at radius 3 is 2.85 bits per heavy atom. The van der Waals surface area contributed by atoms with E-state index in [4.69, 9.17) is 15.2 Å². The molecule has 0 saturated heterocycles. The average Bonchev–Trinajstić information content (AvgIpc) is 2.82. The first-order chi connectivity index (χ1) is 9.69. The van der Waals surface area contributed by atoms with E-state index in [-0.39, 0.29) is 0 Å². The van der Waals surface area contributed by atoms with Crippen molar-refractivity contribution in [2.45, 2.75) is 6.92 Å². The molecule has 0 aliphatic heterocycles. The summed E-state index contributed by atoms with van der Waals surface area (Å²) >= 11 is 1.57. The van der Waals surface area contributed by atoms with Crippen LogP contribution in [0.3, 0.4) is 0 Å². The van der Waals surface area contributed by atoms with Crippen molar-refractivity contribution in [1.82, 2.24) is 9.97 Å². The molecule has 0 amide bonds. The van der Waals surface area contributed by atoms with Crippen LogP contribution in [0, 0.1) is 6.92 Å². The fourth-order valence-electron chi connectivity index (χ4n) is 1.91. The van der Waals surface area contributed by atoms with Crippen LogP contribution < -0.4 is 15.2 Å². The standard InChI is InChI=1S/C14H13N3O2S/c1-8-6-20-13-12(8)16-7-17-14(13)19-9-3-4-11(18-2)10(15)5-9/h3-7H,15H2,1-2H3. The normalized spacial score (nSPS) is 10.7. The molecule has 102 valence electrons. The lowest BCUT2D eigenvalue weighted by Crippen LogP contribution is -1.94. The lowest BCUT2D eigenvalue weighted by Gasteiger charge is -2.08. The van der Waals surface area contributed by atoms with Crippen molar-refractivity contribution < 1.29 is 9.47 Å². The largest absolute Gasteiger partial charge is 0.495 e. The molecule has 1 aromatic carbocycles. The van der Waals surface area contributed by atoms with E-state index in [0.29, 0.717) is 23.1 Å². The lowest BCUT2D eigenvalue weighted by molar-refractivity contribution is 0.414. The van der Waals surface area contributed by atoms with Crippen LogP contribution >= 0.6 is 11.3 Å². The molecule has 2 N–H and O–H groups in total. The Balaban J connectivity index is 1.99. The number of rotatable bonds is 3. The van der Waals surface area contributed by atoms with Gasteiger partial charge in [-0.3, -0.25) is 0 Å². The lowest BCUT2D eigenvalue weighted by atomic mass is 10.3. The van der Waals surface area contributed by atoms with Crippen molar-refractivity contribution in [1.29, 1.82) is 0 Å². The molecule has 0 bridgehead atoms. The van der Waals surface area contributed by atoms with Crippen LogP contribution in [0.1, 0.15) is 5.56 Å². The molecule has 2 aromatic heterocycles. The van der Waals surface area contributed by atoms with Gasteiger partial charge in [-0.15, -0.1) is 11.3 Å². The highest BCUT2D eigenvalue weighted by molar-refractivity contribution is 7.17. The number of anilines is 1. The van der Waals surface area contributed by atoms with Gasteiger partial charge in [0.2, 0.25) is 5.88 Å². The van der Waals surface area contributed by atoms with E-state index in [1.165, 1.54) is 6.33 Å². The van der Waals surface area contributed by atoms with Crippen LogP contribution in [0.5, 0.6) is 17.4 Å². The van der Waals surface area contributed by atoms with Gasteiger partial charge in [0.1, 0.15) is 22.5 Å². The summed E-state index contributed by atoms with van der Waals surface area (Å²) < 4.78 is 11.9. The molecule has 20 heavy (non-hydrogen) atoms. The molecule has 0 radical (unpaired) electrons. The average molecular weight is 287 g/mol. The predicted octanol–water partition coefficient (Wildman–Crippen LogP) is 3.38. The number of hydrogen-bond donors (Lipinski definition) is 1. The Bertz CT molecular complexity index is 770. The van der Waals surface area contributed by atoms with Gasteiger partial charge in [-0.2, -0.15) is 0 Å². The van der Waals surface area contributed by atoms with E-state index in [1.807, 2.05) is 12.3 Å². The van der Waals surface area contributed by atoms with Gasteiger partial charge in [0.05, 0.1) is 18.3 Å². The van der Waals surface area contributed by atoms with Crippen molar-refractivity contribution in [3.05, 3.63) is 35.5 Å². The van der Waals surface area contributed by atoms with E-state index in [9.17, 15) is 0 Å². The molecule has 0 fully saturated rings. The van der Waals surface area contributed by atoms with E-state index >= 15 is 0 Å². The number of thiophene rings is 1. The zero-order valence-electron chi connectivity index (χ0n) is 11.1. The second-order valence-electron chi connectivity index (χ2n) is 4.28. The Morgan fingerprint density at radius 1 is 1.25 bits per heavy atom. The van der Waals surface area contributed by atoms with Crippen molar-refractivity contribution in [2.24, 2.45) is 0 Å². The quantitative estimate of drug-likeness (QED) is 0.748. The van der Waals surface area contributed by atoms with Crippen LogP contribution in [0.15, 0.2) is 29.9 Å². The summed E-state index contributed by atoms with van der Waals surface area (Å²) in [4.78, 5) is 8.46. The summed E-state index contributed by atoms with van der Waals surface area (Å²) in [5.41, 5.74) is 8.43. The number of nitrogens with two attached hydrogens (primary N) is 1. The molecule has 5 nitrogen and oxygen atoms in total. The van der Waals surface area contributed by atoms with Gasteiger partial charge in [-0.25, -0.2) is 9.97 Å². The highest BCUT2D eigenvalue weighted by Crippen LogP contribution is 2.34. The smallest absolute Gasteiger partial charge is 0.240 e. The monoisotopic (exact) mass is 287 g/mol. The van der Waals surface area contributed by atoms with Crippen LogP contribution in [0.2, 0.25) is 0 Å². The molecule has 0 saturated carbocycles. The summed E-state index contributed by atoms with van der Waals surface area (Å²) in [6.45, 7) is 2.01. The van der Waals surface area contributed by atoms with Gasteiger partial charge >= 0.3 is 0 Å². The van der Waals surface area contributed by atoms with Gasteiger partial charge in [-0.1, -0.05) is 0 Å². The molecule has 2 heterocycles. The van der Waals surface area contributed by atoms with Gasteiger partial charge < -0.3 is 15.2 Å². The van der Waals surface area contributed by atoms with E-state index in [1.54, 1.807) is 36.6 Å². The number of aromatic nitrogens is 2. The topological polar surface area (TPSA) is 70.3 Å². The maximum atomic E-state index is 5.87. The first-order valence-electron chi connectivity index (χ1n) is 5.99. The number of benzene rings is 1. The molecule has 3 aromatic rings. The fourth-order valence-corrected chi connectivity index (χ4v) is 2.83. The van der Waals surface area contributed by atoms with Crippen molar-refractivity contribution >= 4 is 27.2 Å². The Kier molecular flexibility index (Phi) is 3.15. The van der Waals surface area contributed by atoms with Gasteiger partial charge in [0, 0.05) is 6.07 Å². The van der Waals surface area contributed by atoms with Gasteiger partial charge in [-0.05, 0) is 30.0 Å². The van der Waals surface area contributed by atoms with E-state index in [0.717, 1.165) is 15.8 Å². The predicted molar refractivity (Wildman–Crippen MR) is 79.6 cm³/mol. The van der Waals surface area contributed by atoms with Crippen molar-refractivity contribution in [3.8, 4) is 17.4 Å². The second-order valence-corrected chi connectivity index (χ2v) is 5.16. The number of methoxy groups -OCH3 is 1. The molecule has 0 aliphatic rings. The number of hydrogen-bond acceptors (Lipinski definition) is 6. The van der Waals surface area contributed by atoms with E-state index in [2.05, 4.69) is 9.97 Å². The second kappa shape index (κ2) is 4.97. The maximum absolute atomic E-state index is 5.87. The van der Waals surface area contributed by atoms with Crippen LogP contribution in [-0.4, -0.2) is 17.1 Å². The minimum Gasteiger partial charge on any atom is -0.495 e. The molecular formula is C14H13N3O2S. The zero-order chi connectivity index (χ0) is 14.1. The SMILES string of the molecule is COc1ccc(Oc2ncnc3c(C)csc23)cc1N. The third kappa shape index (κ3) is 2.14. The summed E-state index contributed by atoms with van der Waals surface area (Å²) in [5, 5.41) is 2.04. The molecule has 0 atom stereocenters. The molecule has 3 rings (SSSR count). The minimum atomic E-state index is 0.526. The maximum Gasteiger partial charge on any atom is 0.240 e. The molecule has 0 unspecified atom stereocenters. The van der Waals surface area contributed by atoms with E-state index < -0.39 is 0 Å². The number of aryl methyl sites for hydroxylation is 1. The van der Waals surface area contributed by atoms with Crippen LogP contribution in [0.25, 0.3) is 10.2 Å². The number of ether oxygens (including phenoxy) is 2. The summed E-state index contributed by atoms with van der Waals surface area (Å²) in [5.74, 6) is 1.78. The highest BCUT2D eigenvalue weighted by Gasteiger charge is 2.11. The molecular weight excluding hydrogens is 274 g/mol. The van der Waals surface area contributed by atoms with Gasteiger partial charge in [0.15, 0.2) is 0 Å². The van der Waals surface area contributed by atoms with Crippen molar-refractivity contribution in [3.63, 3.8) is 0 Å². The zero-order valence-corrected chi connectivity index (χ0v) is 11.9. The molecule has 6 heteroatoms. The third-order valence-electron chi connectivity index (χ3n) is 2.91. The highest BCUT2D eigenvalue weighted by atomic mass is 32.1. The number of nitrogen functional groups attached to an aromatic ring is 1. The Labute approximate surface area is 120 Å². The molecule has 0 aliphatic carbocycles. The summed E-state index contributed by atoms with van der Waals surface area (Å²) in [7, 11) is 1.58. The number of fused-ring (bicyclic) bond motifs is 1. The number of nitrogens with zero attached hydrogens (tertiary/aromatic N) is 2. The van der Waals surface area contributed by atoms with Crippen LogP contribution in [-0.2, 0) is 0 Å². The third-order valence-corrected chi connectivity index (χ3v) is 3.99. The van der Waals surface area contributed by atoms with Crippen molar-refractivity contribution in [2.75, 3.05) is 12.8 Å². The van der Waals surface area contributed by atoms with Gasteiger partial charge in [0.25, 0.3) is 0 Å². The molecule has 0 spiro atoms. The Morgan fingerprint density at radius 2 is 2.10 bits per heavy atom.